The van der Waals surface area contributed by atoms with Gasteiger partial charge in [0.2, 0.25) is 32.4 Å². The molecular weight excluding hydrogens is 1500 g/mol. The number of aliphatic hydroxyl groups is 5. The summed E-state index contributed by atoms with van der Waals surface area (Å²) in [7, 11) is 3.58. The molecule has 32 heteroatoms. The molecule has 642 valence electrons. The van der Waals surface area contributed by atoms with Crippen LogP contribution in [0.25, 0.3) is 0 Å². The van der Waals surface area contributed by atoms with Crippen LogP contribution in [0.2, 0.25) is 0 Å². The third kappa shape index (κ3) is 35.4. The maximum Gasteiger partial charge on any atom is 0.325 e. The van der Waals surface area contributed by atoms with Crippen molar-refractivity contribution in [3.8, 4) is 0 Å². The third-order valence-electron chi connectivity index (χ3n) is 20.3. The van der Waals surface area contributed by atoms with Crippen molar-refractivity contribution < 1.29 is 100 Å². The predicted molar refractivity (Wildman–Crippen MR) is 437 cm³/mol. The summed E-state index contributed by atoms with van der Waals surface area (Å²) >= 11 is 3.55. The van der Waals surface area contributed by atoms with Gasteiger partial charge in [-0.2, -0.15) is 23.5 Å². The first-order valence-corrected chi connectivity index (χ1v) is 41.6. The largest absolute Gasteiger partial charge is 0.481 e. The summed E-state index contributed by atoms with van der Waals surface area (Å²) < 4.78 is 48.1. The standard InChI is InChI=1S/C39H61N5O8S.C21H28N2O4S.C18H35N3O5.3CH4O/c1-38(2,3)29-14-12-28(13-15-29)36(49)44-30-26-53-31(35(30)42-37(44)50)10-5-6-11-32(46)40-18-7-8-22-51-23-9-19-41-33(47)24-52-25-34(48)43-20-16-39(4,27-45)17-21-43;1-21(2,3)14-10-8-13(9-11-14)19(26)23-15-12-28-16(18(15)22-20(23)27)6-4-5-7-17(24)25;1-18(15-22)5-9-21(10-6-18)17(24)14-26-13-16(23)20-8-4-12-25-11-3-2-7-19;3*1-2/h12-15,30-31,35,45H,5-11,16-27H2,1-4H3,(H,40,46)(H,41,47)(H,42,50);8-11,15-16,18H,4-7,12H2,1-3H3,(H,22,27)(H,24,25);22H,2-15,19H2,1H3,(H,20,23);3*2H,1H3/t30-,31-,35-;15-,16-,18-;;;;/m00..../s1/i4D;;1D;2*2T;. The van der Waals surface area contributed by atoms with E-state index < -0.39 is 11.4 Å². The van der Waals surface area contributed by atoms with E-state index in [1.807, 2.05) is 36.4 Å². The lowest BCUT2D eigenvalue weighted by Gasteiger charge is -2.38. The third-order valence-corrected chi connectivity index (χ3v) is 23.3. The summed E-state index contributed by atoms with van der Waals surface area (Å²) in [6.07, 6.45) is 12.7. The number of carbonyl (C=O) groups is 10. The monoisotopic (exact) mass is 1640 g/mol. The van der Waals surface area contributed by atoms with Crippen LogP contribution in [-0.2, 0) is 58.5 Å². The second kappa shape index (κ2) is 53.6. The van der Waals surface area contributed by atoms with Crippen molar-refractivity contribution in [3.63, 3.8) is 0 Å². The van der Waals surface area contributed by atoms with E-state index in [4.69, 9.17) is 40.5 Å². The Morgan fingerprint density at radius 2 is 0.903 bits per heavy atom. The molecule has 113 heavy (non-hydrogen) atoms. The fraction of sp³-hybridized carbons (Fsp3) is 0.728. The summed E-state index contributed by atoms with van der Waals surface area (Å²) in [5, 5.41) is 56.6. The summed E-state index contributed by atoms with van der Waals surface area (Å²) in [5.41, 5.74) is 7.91. The molecule has 6 fully saturated rings. The van der Waals surface area contributed by atoms with E-state index in [2.05, 4.69) is 78.3 Å². The van der Waals surface area contributed by atoms with Gasteiger partial charge in [0.15, 0.2) is 0 Å². The van der Waals surface area contributed by atoms with Gasteiger partial charge < -0.3 is 91.7 Å². The van der Waals surface area contributed by atoms with E-state index in [0.29, 0.717) is 141 Å². The van der Waals surface area contributed by atoms with Gasteiger partial charge in [0.25, 0.3) is 11.8 Å². The number of rotatable bonds is 39. The van der Waals surface area contributed by atoms with Gasteiger partial charge in [-0.3, -0.25) is 48.2 Å². The number of hydrogen-bond donors (Lipinski definition) is 12. The van der Waals surface area contributed by atoms with Crippen LogP contribution in [0.4, 0.5) is 9.59 Å². The number of nitrogens with zero attached hydrogens (tertiary/aromatic N) is 4. The van der Waals surface area contributed by atoms with Gasteiger partial charge in [-0.1, -0.05) is 92.4 Å². The highest BCUT2D eigenvalue weighted by Crippen LogP contribution is 2.40. The zero-order chi connectivity index (χ0) is 87.0. The molecule has 6 aliphatic rings. The van der Waals surface area contributed by atoms with Gasteiger partial charge in [-0.05, 0) is 153 Å². The van der Waals surface area contributed by atoms with Gasteiger partial charge in [0.1, 0.15) is 26.4 Å². The lowest BCUT2D eigenvalue weighted by Crippen LogP contribution is -2.45. The Kier molecular flexibility index (Phi) is 44.4. The van der Waals surface area contributed by atoms with E-state index >= 15 is 0 Å². The highest BCUT2D eigenvalue weighted by Gasteiger charge is 2.52. The number of urea groups is 2. The van der Waals surface area contributed by atoms with Gasteiger partial charge in [-0.15, -0.1) is 0 Å². The van der Waals surface area contributed by atoms with Gasteiger partial charge in [0, 0.05) is 155 Å². The summed E-state index contributed by atoms with van der Waals surface area (Å²) in [6.45, 7) is 18.9. The maximum atomic E-state index is 13.3. The average molecular weight is 1640 g/mol. The van der Waals surface area contributed by atoms with Crippen molar-refractivity contribution in [2.75, 3.05) is 151 Å². The Morgan fingerprint density at radius 1 is 0.540 bits per heavy atom. The van der Waals surface area contributed by atoms with E-state index in [-0.39, 0.29) is 164 Å². The number of fused-ring (bicyclic) bond motifs is 2. The molecule has 0 unspecified atom stereocenters. The number of hydrogen-bond acceptors (Lipinski definition) is 22. The fourth-order valence-corrected chi connectivity index (χ4v) is 16.4. The van der Waals surface area contributed by atoms with Crippen molar-refractivity contribution in [2.45, 2.75) is 216 Å². The lowest BCUT2D eigenvalue weighted by atomic mass is 9.81. The molecule has 6 aliphatic heterocycles. The number of piperidine rings is 2. The number of imide groups is 2. The molecule has 0 bridgehead atoms. The number of thioether (sulfide) groups is 2. The highest BCUT2D eigenvalue weighted by molar-refractivity contribution is 8.00. The Bertz CT molecular complexity index is 3250. The van der Waals surface area contributed by atoms with Crippen LogP contribution in [0.1, 0.15) is 206 Å². The predicted octanol–water partition coefficient (Wildman–Crippen LogP) is 5.98. The Morgan fingerprint density at radius 3 is 1.27 bits per heavy atom. The molecule has 6 saturated heterocycles. The van der Waals surface area contributed by atoms with Crippen molar-refractivity contribution in [3.05, 3.63) is 70.8 Å². The number of nitrogens with two attached hydrogens (primary N) is 1. The zero-order valence-corrected chi connectivity index (χ0v) is 70.0. The number of benzene rings is 2. The molecule has 11 amide bonds. The van der Waals surface area contributed by atoms with E-state index in [1.165, 1.54) is 24.0 Å². The molecule has 13 N–H and O–H groups in total. The molecular formula is C81H136N10O20S2. The maximum absolute atomic E-state index is 13.3. The smallest absolute Gasteiger partial charge is 0.325 e. The molecule has 0 aliphatic carbocycles. The highest BCUT2D eigenvalue weighted by atomic mass is 32.2. The first kappa shape index (κ1) is 93.6. The number of carboxylic acid groups (broad SMARTS) is 1. The molecule has 0 saturated carbocycles. The minimum Gasteiger partial charge on any atom is -0.481 e. The minimum absolute atomic E-state index is 0.00758. The second-order valence-electron chi connectivity index (χ2n) is 31.0. The molecule has 0 radical (unpaired) electrons. The zero-order valence-electron chi connectivity index (χ0n) is 72.4. The number of ether oxygens (including phenoxy) is 4. The number of nitrogens with one attached hydrogen (secondary N) is 5. The van der Waals surface area contributed by atoms with Gasteiger partial charge >= 0.3 is 18.0 Å². The summed E-state index contributed by atoms with van der Waals surface area (Å²) in [4.78, 5) is 129. The first-order chi connectivity index (χ1) is 55.9. The molecule has 6 heterocycles. The minimum atomic E-state index is -0.777. The van der Waals surface area contributed by atoms with Crippen molar-refractivity contribution in [1.29, 1.82) is 2.86 Å². The van der Waals surface area contributed by atoms with E-state index in [0.717, 1.165) is 88.2 Å². The van der Waals surface area contributed by atoms with Gasteiger partial charge in [-0.25, -0.2) is 9.59 Å². The van der Waals surface area contributed by atoms with Gasteiger partial charge in [0.05, 0.1) is 24.2 Å². The van der Waals surface area contributed by atoms with E-state index in [1.54, 1.807) is 45.5 Å². The van der Waals surface area contributed by atoms with Crippen LogP contribution in [0.15, 0.2) is 48.5 Å². The van der Waals surface area contributed by atoms with Crippen LogP contribution in [0, 0.1) is 10.8 Å². The number of aliphatic carboxylic acids is 1. The van der Waals surface area contributed by atoms with Crippen LogP contribution in [0.3, 0.4) is 0 Å². The fourth-order valence-electron chi connectivity index (χ4n) is 13.2. The lowest BCUT2D eigenvalue weighted by molar-refractivity contribution is -0.141. The number of likely N-dealkylation sites (tertiary alicyclic amines) is 2. The number of unbranched alkanes of at least 4 members (excludes halogenated alkanes) is 4. The van der Waals surface area contributed by atoms with Crippen LogP contribution in [-0.4, -0.2) is 298 Å². The molecule has 6 atom stereocenters. The molecule has 8 rings (SSSR count). The number of amides is 11. The SMILES string of the molecule is CC(C)(C)c1ccc(C(=O)N2C(=O)N[C@@H]3[C@H](CCCCC(=O)O)SC[C@@H]32)cc1.CO.[2H]CC1(CO)CCN(C(=O)COCC(=O)NCCCOCCCCN)CC1.[2H]CC1(CO)CCN(C(=O)COCC(=O)NCCCOCCCCNC(=O)CCCC[C@@H]2SC[C@H]3[C@@H]2NC(=O)N3C(=O)c2ccc(C(C)(C)C)cc2)CC1.[3H]OC.[3H]OC. The van der Waals surface area contributed by atoms with Crippen molar-refractivity contribution in [2.24, 2.45) is 16.6 Å². The quantitative estimate of drug-likeness (QED) is 0.0270. The number of carbonyl (C=O) groups excluding carboxylic acids is 9. The molecule has 2 aromatic carbocycles. The molecule has 30 nitrogen and oxygen atoms in total. The molecule has 2 aromatic rings. The van der Waals surface area contributed by atoms with Crippen LogP contribution in [0.5, 0.6) is 0 Å². The van der Waals surface area contributed by atoms with Crippen LogP contribution >= 0.6 is 23.5 Å². The second-order valence-corrected chi connectivity index (χ2v) is 33.5. The Balaban J connectivity index is 0.000000472. The van der Waals surface area contributed by atoms with Crippen LogP contribution < -0.4 is 32.3 Å². The number of carboxylic acids is 1. The topological polar surface area (TPSA) is 428 Å². The van der Waals surface area contributed by atoms with Crippen molar-refractivity contribution >= 4 is 82.9 Å². The van der Waals surface area contributed by atoms with E-state index in [9.17, 15) is 58.2 Å². The first-order valence-electron chi connectivity index (χ1n) is 41.7. The number of aliphatic hydroxyl groups excluding tert-OH is 5. The van der Waals surface area contributed by atoms with Crippen molar-refractivity contribution in [1.82, 2.24) is 46.2 Å². The Labute approximate surface area is 684 Å². The summed E-state index contributed by atoms with van der Waals surface area (Å²) in [5.74, 6) is -0.721. The summed E-state index contributed by atoms with van der Waals surface area (Å²) in [6, 6.07) is 14.0. The Hall–Kier alpha value is -6.56. The molecule has 0 aromatic heterocycles. The molecule has 0 spiro atoms. The average Bonchev–Trinajstić information content (AvgIpc) is 1.62. The normalized spacial score (nSPS) is 20.2.